The number of carbonyl (C=O) groups excluding carboxylic acids is 1. The van der Waals surface area contributed by atoms with E-state index in [1.807, 2.05) is 0 Å². The van der Waals surface area contributed by atoms with Crippen LogP contribution in [0.4, 0.5) is 20.3 Å². The fraction of sp³-hybridized carbons (Fsp3) is 0.250. The number of aromatic nitrogens is 3. The van der Waals surface area contributed by atoms with Crippen LogP contribution < -0.4 is 16.4 Å². The lowest BCUT2D eigenvalue weighted by atomic mass is 9.73. The summed E-state index contributed by atoms with van der Waals surface area (Å²) in [5.74, 6) is -4.18. The first-order valence-electron chi connectivity index (χ1n) is 11.5. The van der Waals surface area contributed by atoms with E-state index in [4.69, 9.17) is 11.5 Å². The van der Waals surface area contributed by atoms with Crippen LogP contribution in [0.3, 0.4) is 0 Å². The predicted octanol–water partition coefficient (Wildman–Crippen LogP) is 2.03. The van der Waals surface area contributed by atoms with Gasteiger partial charge in [0, 0.05) is 30.6 Å². The Morgan fingerprint density at radius 2 is 2.03 bits per heavy atom. The molecule has 1 aliphatic carbocycles. The van der Waals surface area contributed by atoms with Crippen molar-refractivity contribution in [2.45, 2.75) is 18.3 Å². The van der Waals surface area contributed by atoms with E-state index < -0.39 is 39.8 Å². The largest absolute Gasteiger partial charge is 0.480 e. The van der Waals surface area contributed by atoms with Gasteiger partial charge in [-0.3, -0.25) is 19.7 Å². The molecule has 1 fully saturated rings. The van der Waals surface area contributed by atoms with E-state index in [2.05, 4.69) is 10.1 Å². The molecule has 3 aromatic rings. The first-order valence-corrected chi connectivity index (χ1v) is 11.5. The van der Waals surface area contributed by atoms with Crippen LogP contribution >= 0.6 is 0 Å². The smallest absolute Gasteiger partial charge is 0.320 e. The van der Waals surface area contributed by atoms with Gasteiger partial charge in [0.15, 0.2) is 5.82 Å². The number of halogens is 2. The zero-order valence-corrected chi connectivity index (χ0v) is 19.7. The summed E-state index contributed by atoms with van der Waals surface area (Å²) in [6.45, 7) is 0.374. The third kappa shape index (κ3) is 3.90. The maximum Gasteiger partial charge on any atom is 0.320 e. The fourth-order valence-corrected chi connectivity index (χ4v) is 5.15. The summed E-state index contributed by atoms with van der Waals surface area (Å²) in [6.07, 6.45) is 3.74. The van der Waals surface area contributed by atoms with Gasteiger partial charge in [-0.05, 0) is 37.1 Å². The van der Waals surface area contributed by atoms with Gasteiger partial charge in [0.1, 0.15) is 28.9 Å². The van der Waals surface area contributed by atoms with Gasteiger partial charge in [0.05, 0.1) is 21.8 Å². The Labute approximate surface area is 213 Å². The van der Waals surface area contributed by atoms with Gasteiger partial charge in [-0.2, -0.15) is 0 Å². The van der Waals surface area contributed by atoms with Crippen LogP contribution in [0.2, 0.25) is 0 Å². The number of hydrogen-bond acceptors (Lipinski definition) is 8. The number of anilines is 2. The van der Waals surface area contributed by atoms with E-state index in [0.717, 1.165) is 18.2 Å². The van der Waals surface area contributed by atoms with Crippen molar-refractivity contribution < 1.29 is 28.4 Å². The number of benzene rings is 1. The van der Waals surface area contributed by atoms with Crippen LogP contribution in [0.1, 0.15) is 28.9 Å². The van der Waals surface area contributed by atoms with E-state index in [0.29, 0.717) is 6.42 Å². The second-order valence-electron chi connectivity index (χ2n) is 9.18. The summed E-state index contributed by atoms with van der Waals surface area (Å²) in [4.78, 5) is 41.8. The molecule has 2 aliphatic rings. The Bertz CT molecular complexity index is 1580. The number of nitro groups is 1. The molecular weight excluding hydrogens is 504 g/mol. The molecule has 1 aromatic carbocycles. The molecule has 2 atom stereocenters. The molecule has 1 amide bonds. The van der Waals surface area contributed by atoms with Crippen LogP contribution in [0.15, 0.2) is 54.0 Å². The number of aliphatic carboxylic acids is 1. The predicted molar refractivity (Wildman–Crippen MR) is 130 cm³/mol. The highest BCUT2D eigenvalue weighted by Crippen LogP contribution is 2.42. The van der Waals surface area contributed by atoms with Gasteiger partial charge >= 0.3 is 5.97 Å². The lowest BCUT2D eigenvalue weighted by Crippen LogP contribution is -2.38. The Hall–Kier alpha value is -4.88. The average molecular weight is 525 g/mol. The second-order valence-corrected chi connectivity index (χ2v) is 9.18. The minimum Gasteiger partial charge on any atom is -0.480 e. The summed E-state index contributed by atoms with van der Waals surface area (Å²) < 4.78 is 29.3. The molecule has 12 nitrogen and oxygen atoms in total. The van der Waals surface area contributed by atoms with Crippen molar-refractivity contribution in [3.63, 3.8) is 0 Å². The van der Waals surface area contributed by atoms with Crippen molar-refractivity contribution in [3.8, 4) is 0 Å². The number of fused-ring (bicyclic) bond motifs is 1. The van der Waals surface area contributed by atoms with Crippen molar-refractivity contribution in [3.05, 3.63) is 87.0 Å². The molecule has 2 unspecified atom stereocenters. The van der Waals surface area contributed by atoms with E-state index >= 15 is 0 Å². The third-order valence-electron chi connectivity index (χ3n) is 7.03. The molecule has 14 heteroatoms. The highest BCUT2D eigenvalue weighted by molar-refractivity contribution is 6.04. The number of nitrogens with two attached hydrogens (primary N) is 2. The maximum atomic E-state index is 14.4. The van der Waals surface area contributed by atoms with Crippen LogP contribution in [-0.4, -0.2) is 49.6 Å². The van der Waals surface area contributed by atoms with Gasteiger partial charge in [0.25, 0.3) is 11.6 Å². The quantitative estimate of drug-likeness (QED) is 0.320. The minimum atomic E-state index is -1.83. The summed E-state index contributed by atoms with van der Waals surface area (Å²) in [5.41, 5.74) is 9.29. The van der Waals surface area contributed by atoms with Gasteiger partial charge in [-0.1, -0.05) is 6.08 Å². The zero-order valence-electron chi connectivity index (χ0n) is 19.7. The molecule has 5 rings (SSSR count). The number of carboxylic acid groups (broad SMARTS) is 1. The molecule has 1 aliphatic heterocycles. The zero-order chi connectivity index (χ0) is 27.4. The summed E-state index contributed by atoms with van der Waals surface area (Å²) in [6, 6.07) is 4.36. The molecule has 0 saturated carbocycles. The highest BCUT2D eigenvalue weighted by atomic mass is 19.1. The summed E-state index contributed by atoms with van der Waals surface area (Å²) in [5, 5.41) is 26.2. The number of carboxylic acids is 1. The number of nitrogen functional groups attached to an aromatic ring is 1. The van der Waals surface area contributed by atoms with E-state index in [1.54, 1.807) is 4.90 Å². The van der Waals surface area contributed by atoms with Crippen molar-refractivity contribution in [2.24, 2.45) is 11.7 Å². The number of primary amides is 1. The molecule has 38 heavy (non-hydrogen) atoms. The molecule has 5 N–H and O–H groups in total. The monoisotopic (exact) mass is 525 g/mol. The van der Waals surface area contributed by atoms with Crippen molar-refractivity contribution >= 4 is 28.9 Å². The molecule has 2 aromatic heterocycles. The van der Waals surface area contributed by atoms with E-state index in [1.165, 1.54) is 29.1 Å². The Kier molecular flexibility index (Phi) is 5.81. The molecule has 1 saturated heterocycles. The molecule has 0 spiro atoms. The van der Waals surface area contributed by atoms with Gasteiger partial charge < -0.3 is 21.5 Å². The van der Waals surface area contributed by atoms with Crippen molar-refractivity contribution in [1.29, 1.82) is 0 Å². The van der Waals surface area contributed by atoms with Gasteiger partial charge in [0.2, 0.25) is 0 Å². The lowest BCUT2D eigenvalue weighted by molar-refractivity contribution is -0.422. The van der Waals surface area contributed by atoms with Gasteiger partial charge in [-0.25, -0.2) is 18.3 Å². The summed E-state index contributed by atoms with van der Waals surface area (Å²) >= 11 is 0. The molecule has 196 valence electrons. The number of hydrogen-bond donors (Lipinski definition) is 3. The lowest BCUT2D eigenvalue weighted by Gasteiger charge is -2.30. The van der Waals surface area contributed by atoms with Crippen LogP contribution in [-0.2, 0) is 10.2 Å². The number of amides is 1. The van der Waals surface area contributed by atoms with Crippen LogP contribution in [0, 0.1) is 27.7 Å². The molecular formula is C24H21F2N7O5. The van der Waals surface area contributed by atoms with Crippen LogP contribution in [0.25, 0.3) is 5.52 Å². The third-order valence-corrected chi connectivity index (χ3v) is 7.03. The Morgan fingerprint density at radius 3 is 2.71 bits per heavy atom. The number of rotatable bonds is 6. The maximum absolute atomic E-state index is 14.4. The normalized spacial score (nSPS) is 21.3. The van der Waals surface area contributed by atoms with Crippen molar-refractivity contribution in [2.75, 3.05) is 23.7 Å². The molecule has 0 bridgehead atoms. The Balaban J connectivity index is 1.60. The summed E-state index contributed by atoms with van der Waals surface area (Å²) in [7, 11) is 0. The molecule has 0 radical (unpaired) electrons. The topological polar surface area (TPSA) is 183 Å². The first-order chi connectivity index (χ1) is 18.0. The van der Waals surface area contributed by atoms with E-state index in [-0.39, 0.29) is 59.1 Å². The number of allylic oxidation sites excluding steroid dienone is 2. The molecule has 3 heterocycles. The number of nitrogens with zero attached hydrogens (tertiary/aromatic N) is 5. The van der Waals surface area contributed by atoms with Crippen molar-refractivity contribution in [1.82, 2.24) is 14.6 Å². The minimum absolute atomic E-state index is 0.0120. The van der Waals surface area contributed by atoms with E-state index in [9.17, 15) is 33.6 Å². The van der Waals surface area contributed by atoms with Gasteiger partial charge in [-0.15, -0.1) is 5.10 Å². The van der Waals surface area contributed by atoms with Crippen LogP contribution in [0.5, 0.6) is 0 Å². The standard InChI is InChI=1S/C24H21F2N7O5/c25-13-1-2-15(26)17(7-13)31-6-4-12(10-31)14-9-24(23(35)36,5-3-16(14)33(37)38)19-8-18-20(22(28)34)21(27)30-32(18)11-29-19/h1-3,7-9,11-12H,4-6,10H2,(H2,27,30)(H2,28,34)(H,35,36). The average Bonchev–Trinajstić information content (AvgIpc) is 3.48. The first kappa shape index (κ1) is 24.8. The number of carbonyl (C=O) groups is 2. The highest BCUT2D eigenvalue weighted by Gasteiger charge is 2.46. The fourth-order valence-electron chi connectivity index (χ4n) is 5.15. The Morgan fingerprint density at radius 1 is 1.26 bits per heavy atom. The second kappa shape index (κ2) is 8.90. The SMILES string of the molecule is NC(=O)c1c(N)nn2cnc(C3(C(=O)O)C=C(C4CCN(c5cc(F)ccc5F)C4)C([N+](=O)[O-])=CC3)cc12.